The van der Waals surface area contributed by atoms with Gasteiger partial charge < -0.3 is 10.2 Å². The normalized spacial score (nSPS) is 11.9. The van der Waals surface area contributed by atoms with Crippen molar-refractivity contribution in [2.24, 2.45) is 0 Å². The maximum absolute atomic E-state index is 10.4. The van der Waals surface area contributed by atoms with Crippen LogP contribution in [0.4, 0.5) is 0 Å². The molecule has 0 saturated carbocycles. The van der Waals surface area contributed by atoms with Crippen LogP contribution in [0.3, 0.4) is 0 Å². The number of carbonyl (C=O) groups is 2. The van der Waals surface area contributed by atoms with Gasteiger partial charge in [0.05, 0.1) is 0 Å². The van der Waals surface area contributed by atoms with Gasteiger partial charge in [0.25, 0.3) is 0 Å². The molecule has 0 atom stereocenters. The molecular weight excluding hydrogens is 160 g/mol. The lowest BCUT2D eigenvalue weighted by molar-refractivity contribution is -0.135. The van der Waals surface area contributed by atoms with Crippen molar-refractivity contribution in [1.82, 2.24) is 0 Å². The highest BCUT2D eigenvalue weighted by molar-refractivity contribution is 5.94. The number of hydrogen-bond acceptors (Lipinski definition) is 2. The van der Waals surface area contributed by atoms with Crippen LogP contribution in [0.5, 0.6) is 0 Å². The van der Waals surface area contributed by atoms with Gasteiger partial charge in [0, 0.05) is 11.6 Å². The Morgan fingerprint density at radius 3 is 2.25 bits per heavy atom. The van der Waals surface area contributed by atoms with Gasteiger partial charge in [0.2, 0.25) is 0 Å². The minimum Gasteiger partial charge on any atom is -0.478 e. The molecule has 0 heterocycles. The van der Waals surface area contributed by atoms with E-state index >= 15 is 0 Å². The highest BCUT2D eigenvalue weighted by Gasteiger charge is 2.06. The van der Waals surface area contributed by atoms with Crippen molar-refractivity contribution in [3.63, 3.8) is 0 Å². The van der Waals surface area contributed by atoms with Gasteiger partial charge in [-0.1, -0.05) is 12.2 Å². The number of rotatable bonds is 4. The van der Waals surface area contributed by atoms with Gasteiger partial charge in [-0.15, -0.1) is 0 Å². The lowest BCUT2D eigenvalue weighted by atomic mass is 10.1. The molecule has 0 aromatic carbocycles. The number of hydrogen-bond donors (Lipinski definition) is 2. The van der Waals surface area contributed by atoms with E-state index in [-0.39, 0.29) is 12.0 Å². The predicted octanol–water partition coefficient (Wildman–Crippen LogP) is 1.05. The van der Waals surface area contributed by atoms with Crippen LogP contribution >= 0.6 is 0 Å². The van der Waals surface area contributed by atoms with Gasteiger partial charge in [-0.2, -0.15) is 0 Å². The summed E-state index contributed by atoms with van der Waals surface area (Å²) in [6, 6.07) is 0. The van der Waals surface area contributed by atoms with E-state index in [0.29, 0.717) is 6.08 Å². The van der Waals surface area contributed by atoms with Gasteiger partial charge in [-0.25, -0.2) is 9.59 Å². The molecule has 0 aliphatic rings. The van der Waals surface area contributed by atoms with Crippen molar-refractivity contribution < 1.29 is 19.8 Å². The molecule has 0 saturated heterocycles. The zero-order valence-electron chi connectivity index (χ0n) is 6.65. The molecule has 0 radical (unpaired) electrons. The predicted molar refractivity (Wildman–Crippen MR) is 42.8 cm³/mol. The smallest absolute Gasteiger partial charge is 0.332 e. The minimum absolute atomic E-state index is 0.124. The van der Waals surface area contributed by atoms with Crippen LogP contribution in [0.2, 0.25) is 0 Å². The van der Waals surface area contributed by atoms with E-state index in [0.717, 1.165) is 0 Å². The lowest BCUT2D eigenvalue weighted by Gasteiger charge is -1.94. The van der Waals surface area contributed by atoms with E-state index < -0.39 is 11.9 Å². The van der Waals surface area contributed by atoms with Crippen molar-refractivity contribution >= 4 is 11.9 Å². The van der Waals surface area contributed by atoms with Gasteiger partial charge in [0.15, 0.2) is 0 Å². The van der Waals surface area contributed by atoms with E-state index in [1.165, 1.54) is 0 Å². The molecule has 0 spiro atoms. The van der Waals surface area contributed by atoms with Crippen molar-refractivity contribution in [1.29, 1.82) is 0 Å². The Labute approximate surface area is 69.8 Å². The van der Waals surface area contributed by atoms with Gasteiger partial charge >= 0.3 is 11.9 Å². The summed E-state index contributed by atoms with van der Waals surface area (Å²) in [6.07, 6.45) is 4.09. The summed E-state index contributed by atoms with van der Waals surface area (Å²) in [5.74, 6) is -2.44. The van der Waals surface area contributed by atoms with E-state index in [2.05, 4.69) is 0 Å². The second kappa shape index (κ2) is 5.12. The average molecular weight is 170 g/mol. The van der Waals surface area contributed by atoms with Crippen molar-refractivity contribution in [3.8, 4) is 0 Å². The summed E-state index contributed by atoms with van der Waals surface area (Å²) in [4.78, 5) is 20.5. The summed E-state index contributed by atoms with van der Waals surface area (Å²) in [6.45, 7) is 1.74. The molecule has 0 bridgehead atoms. The monoisotopic (exact) mass is 170 g/mol. The Balaban J connectivity index is 4.44. The molecule has 0 aromatic rings. The zero-order valence-corrected chi connectivity index (χ0v) is 6.65. The third kappa shape index (κ3) is 4.27. The third-order valence-corrected chi connectivity index (χ3v) is 1.15. The molecule has 0 unspecified atom stereocenters. The molecule has 0 rings (SSSR count). The first-order valence-electron chi connectivity index (χ1n) is 3.36. The quantitative estimate of drug-likeness (QED) is 0.488. The van der Waals surface area contributed by atoms with Crippen molar-refractivity contribution in [2.45, 2.75) is 13.3 Å². The van der Waals surface area contributed by atoms with Gasteiger partial charge in [0.1, 0.15) is 0 Å². The fourth-order valence-corrected chi connectivity index (χ4v) is 0.602. The SMILES string of the molecule is CC=CC/C(=C/C(=O)O)C(=O)O. The molecule has 0 fully saturated rings. The summed E-state index contributed by atoms with van der Waals surface area (Å²) in [5, 5.41) is 16.8. The molecule has 0 aromatic heterocycles. The van der Waals surface area contributed by atoms with Crippen molar-refractivity contribution in [3.05, 3.63) is 23.8 Å². The Morgan fingerprint density at radius 1 is 1.33 bits per heavy atom. The van der Waals surface area contributed by atoms with Crippen LogP contribution < -0.4 is 0 Å². The number of carboxylic acids is 2. The fraction of sp³-hybridized carbons (Fsp3) is 0.250. The molecule has 4 nitrogen and oxygen atoms in total. The topological polar surface area (TPSA) is 74.6 Å². The zero-order chi connectivity index (χ0) is 9.56. The molecule has 0 aliphatic heterocycles. The standard InChI is InChI=1S/C8H10O4/c1-2-3-4-6(8(11)12)5-7(9)10/h2-3,5H,4H2,1H3,(H,9,10)(H,11,12)/b3-2?,6-5-. The molecule has 0 aliphatic carbocycles. The third-order valence-electron chi connectivity index (χ3n) is 1.15. The Bertz CT molecular complexity index is 237. The maximum atomic E-state index is 10.4. The first-order valence-corrected chi connectivity index (χ1v) is 3.36. The molecule has 4 heteroatoms. The van der Waals surface area contributed by atoms with Crippen LogP contribution in [0.1, 0.15) is 13.3 Å². The number of allylic oxidation sites excluding steroid dienone is 2. The Hall–Kier alpha value is -1.58. The molecule has 0 amide bonds. The van der Waals surface area contributed by atoms with E-state index in [9.17, 15) is 9.59 Å². The van der Waals surface area contributed by atoms with E-state index in [1.807, 2.05) is 0 Å². The molecular formula is C8H10O4. The fourth-order valence-electron chi connectivity index (χ4n) is 0.602. The van der Waals surface area contributed by atoms with E-state index in [1.54, 1.807) is 19.1 Å². The highest BCUT2D eigenvalue weighted by Crippen LogP contribution is 2.02. The minimum atomic E-state index is -1.24. The van der Waals surface area contributed by atoms with Crippen LogP contribution in [0, 0.1) is 0 Å². The second-order valence-electron chi connectivity index (χ2n) is 2.09. The Kier molecular flexibility index (Phi) is 4.45. The first-order chi connectivity index (χ1) is 5.57. The van der Waals surface area contributed by atoms with Crippen LogP contribution in [-0.2, 0) is 9.59 Å². The maximum Gasteiger partial charge on any atom is 0.332 e. The highest BCUT2D eigenvalue weighted by atomic mass is 16.4. The largest absolute Gasteiger partial charge is 0.478 e. The number of aliphatic carboxylic acids is 2. The van der Waals surface area contributed by atoms with E-state index in [4.69, 9.17) is 10.2 Å². The van der Waals surface area contributed by atoms with Crippen LogP contribution in [0.25, 0.3) is 0 Å². The van der Waals surface area contributed by atoms with Gasteiger partial charge in [-0.05, 0) is 13.3 Å². The second-order valence-corrected chi connectivity index (χ2v) is 2.09. The molecule has 2 N–H and O–H groups in total. The summed E-state index contributed by atoms with van der Waals surface area (Å²) in [5.41, 5.74) is -0.124. The summed E-state index contributed by atoms with van der Waals surface area (Å²) < 4.78 is 0. The summed E-state index contributed by atoms with van der Waals surface area (Å²) >= 11 is 0. The Morgan fingerprint density at radius 2 is 1.92 bits per heavy atom. The lowest BCUT2D eigenvalue weighted by Crippen LogP contribution is -2.02. The average Bonchev–Trinajstić information content (AvgIpc) is 1.96. The van der Waals surface area contributed by atoms with Gasteiger partial charge in [-0.3, -0.25) is 0 Å². The van der Waals surface area contributed by atoms with Crippen molar-refractivity contribution in [2.75, 3.05) is 0 Å². The molecule has 66 valence electrons. The first kappa shape index (κ1) is 10.4. The summed E-state index contributed by atoms with van der Waals surface area (Å²) in [7, 11) is 0. The van der Waals surface area contributed by atoms with Crippen LogP contribution in [-0.4, -0.2) is 22.2 Å². The number of carboxylic acid groups (broad SMARTS) is 2. The molecule has 12 heavy (non-hydrogen) atoms. The van der Waals surface area contributed by atoms with Crippen LogP contribution in [0.15, 0.2) is 23.8 Å².